The molecule has 1 aromatic carbocycles. The van der Waals surface area contributed by atoms with Crippen LogP contribution in [0.5, 0.6) is 5.75 Å². The Morgan fingerprint density at radius 2 is 2.25 bits per heavy atom. The lowest BCUT2D eigenvalue weighted by Gasteiger charge is -2.37. The molecule has 0 saturated carbocycles. The molecule has 3 rings (SSSR count). The summed E-state index contributed by atoms with van der Waals surface area (Å²) in [7, 11) is 0. The van der Waals surface area contributed by atoms with Gasteiger partial charge in [-0.05, 0) is 53.0 Å². The van der Waals surface area contributed by atoms with Crippen LogP contribution in [0.3, 0.4) is 0 Å². The van der Waals surface area contributed by atoms with Gasteiger partial charge < -0.3 is 14.8 Å². The minimum Gasteiger partial charge on any atom is -0.492 e. The van der Waals surface area contributed by atoms with Gasteiger partial charge in [0.15, 0.2) is 0 Å². The maximum atomic E-state index is 5.94. The highest BCUT2D eigenvalue weighted by molar-refractivity contribution is 9.10. The van der Waals surface area contributed by atoms with E-state index in [0.717, 1.165) is 30.0 Å². The lowest BCUT2D eigenvalue weighted by atomic mass is 9.90. The Labute approximate surface area is 129 Å². The van der Waals surface area contributed by atoms with Crippen LogP contribution in [0, 0.1) is 5.41 Å². The fourth-order valence-electron chi connectivity index (χ4n) is 2.77. The summed E-state index contributed by atoms with van der Waals surface area (Å²) in [5, 5.41) is 3.58. The van der Waals surface area contributed by atoms with Gasteiger partial charge in [-0.2, -0.15) is 0 Å². The van der Waals surface area contributed by atoms with Crippen LogP contribution in [-0.4, -0.2) is 26.4 Å². The van der Waals surface area contributed by atoms with Crippen LogP contribution in [0.25, 0.3) is 0 Å². The SMILES string of the molecule is CC1(COc2ccc(C3CCCCN3)cc2Br)COC1. The van der Waals surface area contributed by atoms with E-state index in [9.17, 15) is 0 Å². The summed E-state index contributed by atoms with van der Waals surface area (Å²) in [6, 6.07) is 6.95. The van der Waals surface area contributed by atoms with Crippen molar-refractivity contribution in [3.05, 3.63) is 28.2 Å². The van der Waals surface area contributed by atoms with Crippen LogP contribution in [0.2, 0.25) is 0 Å². The Bertz CT molecular complexity index is 468. The second-order valence-corrected chi connectivity index (χ2v) is 7.14. The van der Waals surface area contributed by atoms with E-state index in [0.29, 0.717) is 12.6 Å². The Kier molecular flexibility index (Phi) is 4.34. The molecule has 1 N–H and O–H groups in total. The van der Waals surface area contributed by atoms with E-state index in [4.69, 9.17) is 9.47 Å². The van der Waals surface area contributed by atoms with Crippen molar-refractivity contribution in [2.24, 2.45) is 5.41 Å². The highest BCUT2D eigenvalue weighted by atomic mass is 79.9. The number of hydrogen-bond donors (Lipinski definition) is 1. The predicted octanol–water partition coefficient (Wildman–Crippen LogP) is 3.68. The monoisotopic (exact) mass is 339 g/mol. The van der Waals surface area contributed by atoms with E-state index in [1.165, 1.54) is 24.8 Å². The van der Waals surface area contributed by atoms with Gasteiger partial charge in [0.25, 0.3) is 0 Å². The van der Waals surface area contributed by atoms with Gasteiger partial charge in [-0.3, -0.25) is 0 Å². The molecule has 1 unspecified atom stereocenters. The number of piperidine rings is 1. The zero-order valence-electron chi connectivity index (χ0n) is 12.0. The third kappa shape index (κ3) is 3.18. The second-order valence-electron chi connectivity index (χ2n) is 6.28. The summed E-state index contributed by atoms with van der Waals surface area (Å²) >= 11 is 3.64. The maximum Gasteiger partial charge on any atom is 0.133 e. The quantitative estimate of drug-likeness (QED) is 0.907. The van der Waals surface area contributed by atoms with E-state index < -0.39 is 0 Å². The largest absolute Gasteiger partial charge is 0.492 e. The Morgan fingerprint density at radius 3 is 2.85 bits per heavy atom. The van der Waals surface area contributed by atoms with Crippen molar-refractivity contribution < 1.29 is 9.47 Å². The first-order valence-electron chi connectivity index (χ1n) is 7.40. The molecular formula is C16H22BrNO2. The van der Waals surface area contributed by atoms with Crippen molar-refractivity contribution in [2.45, 2.75) is 32.2 Å². The number of hydrogen-bond acceptors (Lipinski definition) is 3. The van der Waals surface area contributed by atoms with Crippen molar-refractivity contribution in [1.29, 1.82) is 0 Å². The van der Waals surface area contributed by atoms with Crippen LogP contribution in [0.15, 0.2) is 22.7 Å². The van der Waals surface area contributed by atoms with Crippen LogP contribution in [0.4, 0.5) is 0 Å². The molecule has 0 aliphatic carbocycles. The Hall–Kier alpha value is -0.580. The third-order valence-corrected chi connectivity index (χ3v) is 4.77. The van der Waals surface area contributed by atoms with E-state index in [1.807, 2.05) is 0 Å². The maximum absolute atomic E-state index is 5.94. The average molecular weight is 340 g/mol. The molecule has 2 heterocycles. The van der Waals surface area contributed by atoms with Gasteiger partial charge in [0.05, 0.1) is 24.3 Å². The molecule has 2 fully saturated rings. The highest BCUT2D eigenvalue weighted by Gasteiger charge is 2.34. The number of halogens is 1. The lowest BCUT2D eigenvalue weighted by Crippen LogP contribution is -2.44. The summed E-state index contributed by atoms with van der Waals surface area (Å²) in [5.74, 6) is 0.928. The first-order chi connectivity index (χ1) is 9.66. The molecule has 0 amide bonds. The Balaban J connectivity index is 1.64. The van der Waals surface area contributed by atoms with Crippen LogP contribution < -0.4 is 10.1 Å². The minimum atomic E-state index is 0.184. The van der Waals surface area contributed by atoms with Crippen LogP contribution in [0.1, 0.15) is 37.8 Å². The van der Waals surface area contributed by atoms with Gasteiger partial charge in [-0.15, -0.1) is 0 Å². The van der Waals surface area contributed by atoms with Gasteiger partial charge in [-0.25, -0.2) is 0 Å². The van der Waals surface area contributed by atoms with E-state index >= 15 is 0 Å². The Morgan fingerprint density at radius 1 is 1.40 bits per heavy atom. The zero-order chi connectivity index (χ0) is 14.0. The second kappa shape index (κ2) is 6.04. The summed E-state index contributed by atoms with van der Waals surface area (Å²) in [6.07, 6.45) is 3.83. The molecule has 1 atom stereocenters. The fraction of sp³-hybridized carbons (Fsp3) is 0.625. The first kappa shape index (κ1) is 14.4. The normalized spacial score (nSPS) is 25.0. The zero-order valence-corrected chi connectivity index (χ0v) is 13.5. The minimum absolute atomic E-state index is 0.184. The molecule has 2 saturated heterocycles. The van der Waals surface area contributed by atoms with Gasteiger partial charge in [0, 0.05) is 11.5 Å². The van der Waals surface area contributed by atoms with E-state index in [1.54, 1.807) is 0 Å². The van der Waals surface area contributed by atoms with Crippen molar-refractivity contribution >= 4 is 15.9 Å². The standard InChI is InChI=1S/C16H22BrNO2/c1-16(9-19-10-16)11-20-15-6-5-12(8-13(15)17)14-4-2-3-7-18-14/h5-6,8,14,18H,2-4,7,9-11H2,1H3. The molecule has 2 aliphatic heterocycles. The fourth-order valence-corrected chi connectivity index (χ4v) is 3.28. The smallest absolute Gasteiger partial charge is 0.133 e. The molecule has 4 heteroatoms. The van der Waals surface area contributed by atoms with Crippen LogP contribution in [-0.2, 0) is 4.74 Å². The molecule has 110 valence electrons. The summed E-state index contributed by atoms with van der Waals surface area (Å²) < 4.78 is 12.2. The highest BCUT2D eigenvalue weighted by Crippen LogP contribution is 2.33. The van der Waals surface area contributed by atoms with Gasteiger partial charge in [0.1, 0.15) is 5.75 Å². The van der Waals surface area contributed by atoms with E-state index in [2.05, 4.69) is 46.4 Å². The first-order valence-corrected chi connectivity index (χ1v) is 8.19. The molecular weight excluding hydrogens is 318 g/mol. The summed E-state index contributed by atoms with van der Waals surface area (Å²) in [6.45, 7) is 5.64. The summed E-state index contributed by atoms with van der Waals surface area (Å²) in [5.41, 5.74) is 1.53. The van der Waals surface area contributed by atoms with E-state index in [-0.39, 0.29) is 5.41 Å². The number of rotatable bonds is 4. The molecule has 0 bridgehead atoms. The van der Waals surface area contributed by atoms with Crippen LogP contribution >= 0.6 is 15.9 Å². The molecule has 0 aromatic heterocycles. The molecule has 20 heavy (non-hydrogen) atoms. The third-order valence-electron chi connectivity index (χ3n) is 4.15. The number of nitrogens with one attached hydrogen (secondary N) is 1. The molecule has 0 spiro atoms. The number of ether oxygens (including phenoxy) is 2. The molecule has 3 nitrogen and oxygen atoms in total. The predicted molar refractivity (Wildman–Crippen MR) is 83.2 cm³/mol. The lowest BCUT2D eigenvalue weighted by molar-refractivity contribution is -0.120. The molecule has 2 aliphatic rings. The average Bonchev–Trinajstić information content (AvgIpc) is 2.45. The van der Waals surface area contributed by atoms with Crippen molar-refractivity contribution in [1.82, 2.24) is 5.32 Å². The van der Waals surface area contributed by atoms with Crippen molar-refractivity contribution in [3.63, 3.8) is 0 Å². The van der Waals surface area contributed by atoms with Gasteiger partial charge in [-0.1, -0.05) is 19.4 Å². The summed E-state index contributed by atoms with van der Waals surface area (Å²) in [4.78, 5) is 0. The number of benzene rings is 1. The van der Waals surface area contributed by atoms with Crippen molar-refractivity contribution in [3.8, 4) is 5.75 Å². The molecule has 0 radical (unpaired) electrons. The topological polar surface area (TPSA) is 30.5 Å². The van der Waals surface area contributed by atoms with Crippen molar-refractivity contribution in [2.75, 3.05) is 26.4 Å². The molecule has 1 aromatic rings. The van der Waals surface area contributed by atoms with Gasteiger partial charge in [0.2, 0.25) is 0 Å². The van der Waals surface area contributed by atoms with Gasteiger partial charge >= 0.3 is 0 Å².